The Bertz CT molecular complexity index is 781. The minimum Gasteiger partial charge on any atom is -0.463 e. The van der Waals surface area contributed by atoms with Crippen LogP contribution >= 0.6 is 0 Å². The van der Waals surface area contributed by atoms with Gasteiger partial charge in [-0.15, -0.1) is 0 Å². The van der Waals surface area contributed by atoms with Gasteiger partial charge in [-0.2, -0.15) is 0 Å². The Kier molecular flexibility index (Phi) is 11.4. The number of hydrogen-bond acceptors (Lipinski definition) is 15. The van der Waals surface area contributed by atoms with Gasteiger partial charge >= 0.3 is 5.97 Å². The first-order valence-corrected chi connectivity index (χ1v) is 12.9. The van der Waals surface area contributed by atoms with Gasteiger partial charge in [0.25, 0.3) is 0 Å². The van der Waals surface area contributed by atoms with Crippen LogP contribution in [-0.2, 0) is 42.7 Å². The highest BCUT2D eigenvalue weighted by molar-refractivity contribution is 5.65. The summed E-state index contributed by atoms with van der Waals surface area (Å²) < 4.78 is 42.7. The minimum absolute atomic E-state index is 0.00639. The standard InChI is InChI=1S/C16H28O10.C8H14O5/c1-6-12(8(17)10(19)14(21-4)23-6)25-15-11(20)9(18)13-7(24-15)5-22-16(2,3)26-13;1-5(9)13-4-7-8(11)6(10)2-3-12-7/h6-15,17-20H,5H2,1-4H3;6-8,10-11H,2-4H2,1H3/t6?,7?,8-,9-,10?,11?,12-,13+,14+,15-;6-,7?,8-/m00/s1. The molecule has 15 heteroatoms. The van der Waals surface area contributed by atoms with Gasteiger partial charge in [-0.05, 0) is 27.2 Å². The normalized spacial score (nSPS) is 45.9. The molecule has 4 rings (SSSR count). The summed E-state index contributed by atoms with van der Waals surface area (Å²) in [7, 11) is 1.35. The van der Waals surface area contributed by atoms with Crippen LogP contribution in [0.4, 0.5) is 0 Å². The molecule has 0 aromatic rings. The average Bonchev–Trinajstić information content (AvgIpc) is 2.88. The van der Waals surface area contributed by atoms with Crippen molar-refractivity contribution >= 4 is 5.97 Å². The van der Waals surface area contributed by atoms with Crippen molar-refractivity contribution in [1.82, 2.24) is 0 Å². The van der Waals surface area contributed by atoms with E-state index in [-0.39, 0.29) is 13.2 Å². The number of aliphatic hydroxyl groups is 6. The largest absolute Gasteiger partial charge is 0.463 e. The summed E-state index contributed by atoms with van der Waals surface area (Å²) in [6, 6.07) is 0. The van der Waals surface area contributed by atoms with E-state index in [2.05, 4.69) is 4.74 Å². The molecule has 4 saturated heterocycles. The SMILES string of the molecule is CC(=O)OCC1OCC[C@H](O)[C@@H]1O.CO[C@@H]1OC(C)[C@H](O[C@@H]2OC3COC(C)(C)O[C@H]3[C@@H](O)C2O)[C@@H](O)C1O. The van der Waals surface area contributed by atoms with Crippen LogP contribution < -0.4 is 0 Å². The zero-order valence-corrected chi connectivity index (χ0v) is 22.7. The number of hydrogen-bond donors (Lipinski definition) is 6. The van der Waals surface area contributed by atoms with Gasteiger partial charge in [0.05, 0.1) is 18.8 Å². The van der Waals surface area contributed by atoms with E-state index in [0.29, 0.717) is 13.0 Å². The molecular weight excluding hydrogens is 528 g/mol. The van der Waals surface area contributed by atoms with Crippen molar-refractivity contribution in [1.29, 1.82) is 0 Å². The molecule has 6 N–H and O–H groups in total. The molecular formula is C24H42O15. The summed E-state index contributed by atoms with van der Waals surface area (Å²) >= 11 is 0. The van der Waals surface area contributed by atoms with E-state index in [4.69, 9.17) is 33.2 Å². The van der Waals surface area contributed by atoms with Gasteiger partial charge in [0.1, 0.15) is 61.5 Å². The molecule has 228 valence electrons. The highest BCUT2D eigenvalue weighted by Crippen LogP contribution is 2.34. The maximum atomic E-state index is 10.5. The van der Waals surface area contributed by atoms with Crippen LogP contribution in [0.15, 0.2) is 0 Å². The molecule has 39 heavy (non-hydrogen) atoms. The summed E-state index contributed by atoms with van der Waals surface area (Å²) in [6.45, 7) is 6.85. The topological polar surface area (TPSA) is 212 Å². The fraction of sp³-hybridized carbons (Fsp3) is 0.958. The average molecular weight is 571 g/mol. The molecule has 0 saturated carbocycles. The summed E-state index contributed by atoms with van der Waals surface area (Å²) in [4.78, 5) is 10.5. The lowest BCUT2D eigenvalue weighted by Crippen LogP contribution is -2.66. The van der Waals surface area contributed by atoms with Gasteiger partial charge in [0.15, 0.2) is 18.4 Å². The summed E-state index contributed by atoms with van der Waals surface area (Å²) in [5.41, 5.74) is 0. The third-order valence-electron chi connectivity index (χ3n) is 6.93. The molecule has 0 aliphatic carbocycles. The lowest BCUT2D eigenvalue weighted by Gasteiger charge is -2.50. The number of fused-ring (bicyclic) bond motifs is 1. The molecule has 0 spiro atoms. The van der Waals surface area contributed by atoms with Crippen molar-refractivity contribution in [3.8, 4) is 0 Å². The van der Waals surface area contributed by atoms with Crippen LogP contribution in [0, 0.1) is 0 Å². The Labute approximate surface area is 226 Å². The zero-order valence-electron chi connectivity index (χ0n) is 22.7. The Morgan fingerprint density at radius 3 is 2.26 bits per heavy atom. The van der Waals surface area contributed by atoms with E-state index in [9.17, 15) is 35.4 Å². The van der Waals surface area contributed by atoms with Gasteiger partial charge in [-0.1, -0.05) is 0 Å². The van der Waals surface area contributed by atoms with E-state index < -0.39 is 91.5 Å². The minimum atomic E-state index is -1.41. The second-order valence-corrected chi connectivity index (χ2v) is 10.4. The number of ether oxygens (including phenoxy) is 8. The Hall–Kier alpha value is -1.05. The van der Waals surface area contributed by atoms with Crippen LogP contribution in [0.1, 0.15) is 34.1 Å². The number of methoxy groups -OCH3 is 1. The lowest BCUT2D eigenvalue weighted by atomic mass is 9.96. The zero-order chi connectivity index (χ0) is 29.1. The van der Waals surface area contributed by atoms with Crippen LogP contribution in [0.2, 0.25) is 0 Å². The van der Waals surface area contributed by atoms with Crippen molar-refractivity contribution in [2.24, 2.45) is 0 Å². The van der Waals surface area contributed by atoms with Crippen LogP contribution in [0.25, 0.3) is 0 Å². The van der Waals surface area contributed by atoms with Crippen LogP contribution in [0.3, 0.4) is 0 Å². The molecule has 5 unspecified atom stereocenters. The first-order valence-electron chi connectivity index (χ1n) is 12.9. The van der Waals surface area contributed by atoms with Gasteiger partial charge < -0.3 is 68.5 Å². The Morgan fingerprint density at radius 2 is 1.62 bits per heavy atom. The second-order valence-electron chi connectivity index (χ2n) is 10.4. The van der Waals surface area contributed by atoms with Gasteiger partial charge in [0, 0.05) is 20.6 Å². The van der Waals surface area contributed by atoms with Gasteiger partial charge in [0.2, 0.25) is 0 Å². The molecule has 0 radical (unpaired) electrons. The van der Waals surface area contributed by atoms with Crippen molar-refractivity contribution in [3.05, 3.63) is 0 Å². The number of carbonyl (C=O) groups excluding carboxylic acids is 1. The third-order valence-corrected chi connectivity index (χ3v) is 6.93. The summed E-state index contributed by atoms with van der Waals surface area (Å²) in [5, 5.41) is 59.8. The van der Waals surface area contributed by atoms with Crippen molar-refractivity contribution in [3.63, 3.8) is 0 Å². The van der Waals surface area contributed by atoms with Crippen LogP contribution in [0.5, 0.6) is 0 Å². The number of rotatable bonds is 5. The van der Waals surface area contributed by atoms with E-state index in [1.807, 2.05) is 0 Å². The number of carbonyl (C=O) groups is 1. The van der Waals surface area contributed by atoms with Crippen molar-refractivity contribution < 1.29 is 73.3 Å². The molecule has 0 amide bonds. The maximum absolute atomic E-state index is 10.5. The molecule has 4 aliphatic heterocycles. The maximum Gasteiger partial charge on any atom is 0.302 e. The Morgan fingerprint density at radius 1 is 0.949 bits per heavy atom. The number of aliphatic hydroxyl groups excluding tert-OH is 6. The molecule has 4 fully saturated rings. The lowest BCUT2D eigenvalue weighted by molar-refractivity contribution is -0.397. The van der Waals surface area contributed by atoms with Gasteiger partial charge in [-0.25, -0.2) is 0 Å². The van der Waals surface area contributed by atoms with Crippen molar-refractivity contribution in [2.45, 2.75) is 120 Å². The van der Waals surface area contributed by atoms with E-state index >= 15 is 0 Å². The van der Waals surface area contributed by atoms with Gasteiger partial charge in [-0.3, -0.25) is 4.79 Å². The molecule has 0 aromatic carbocycles. The highest BCUT2D eigenvalue weighted by atomic mass is 16.8. The molecule has 4 heterocycles. The molecule has 0 bridgehead atoms. The Balaban J connectivity index is 0.000000272. The van der Waals surface area contributed by atoms with Crippen molar-refractivity contribution in [2.75, 3.05) is 26.9 Å². The second kappa shape index (κ2) is 13.7. The number of esters is 1. The fourth-order valence-corrected chi connectivity index (χ4v) is 4.69. The monoisotopic (exact) mass is 570 g/mol. The fourth-order valence-electron chi connectivity index (χ4n) is 4.69. The predicted molar refractivity (Wildman–Crippen MR) is 127 cm³/mol. The smallest absolute Gasteiger partial charge is 0.302 e. The predicted octanol–water partition coefficient (Wildman–Crippen LogP) is -2.86. The summed E-state index contributed by atoms with van der Waals surface area (Å²) in [5.74, 6) is -1.32. The molecule has 13 atom stereocenters. The van der Waals surface area contributed by atoms with E-state index in [1.165, 1.54) is 14.0 Å². The first-order chi connectivity index (χ1) is 18.3. The first kappa shape index (κ1) is 32.5. The molecule has 4 aliphatic rings. The molecule has 15 nitrogen and oxygen atoms in total. The van der Waals surface area contributed by atoms with E-state index in [1.54, 1.807) is 20.8 Å². The summed E-state index contributed by atoms with van der Waals surface area (Å²) in [6.07, 6.45) is -12.6. The van der Waals surface area contributed by atoms with E-state index in [0.717, 1.165) is 0 Å². The highest BCUT2D eigenvalue weighted by Gasteiger charge is 2.53. The quantitative estimate of drug-likeness (QED) is 0.184. The molecule has 0 aromatic heterocycles. The third kappa shape index (κ3) is 8.03. The van der Waals surface area contributed by atoms with Crippen LogP contribution in [-0.4, -0.2) is 149 Å².